The van der Waals surface area contributed by atoms with Gasteiger partial charge in [0.15, 0.2) is 0 Å². The number of hydrogen-bond acceptors (Lipinski definition) is 5. The molecule has 1 fully saturated rings. The maximum atomic E-state index is 11.0. The van der Waals surface area contributed by atoms with Gasteiger partial charge < -0.3 is 15.2 Å². The number of benzene rings is 1. The fourth-order valence-electron chi connectivity index (χ4n) is 2.26. The summed E-state index contributed by atoms with van der Waals surface area (Å²) in [6.07, 6.45) is 1.81. The van der Waals surface area contributed by atoms with Crippen molar-refractivity contribution < 1.29 is 19.6 Å². The zero-order valence-electron chi connectivity index (χ0n) is 11.3. The highest BCUT2D eigenvalue weighted by Gasteiger charge is 2.30. The zero-order valence-corrected chi connectivity index (χ0v) is 11.3. The summed E-state index contributed by atoms with van der Waals surface area (Å²) in [5.41, 5.74) is 0.666. The molecule has 0 radical (unpaired) electrons. The van der Waals surface area contributed by atoms with Crippen LogP contribution < -0.4 is 5.32 Å². The van der Waals surface area contributed by atoms with Crippen molar-refractivity contribution in [3.05, 3.63) is 33.4 Å². The van der Waals surface area contributed by atoms with Crippen molar-refractivity contribution in [1.82, 2.24) is 0 Å². The molecular formula is C13H16N2O5. The molecule has 0 heterocycles. The first-order valence-corrected chi connectivity index (χ1v) is 6.24. The third-order valence-corrected chi connectivity index (χ3v) is 3.61. The van der Waals surface area contributed by atoms with Gasteiger partial charge in [-0.3, -0.25) is 10.1 Å². The van der Waals surface area contributed by atoms with Crippen LogP contribution in [0.4, 0.5) is 11.4 Å². The summed E-state index contributed by atoms with van der Waals surface area (Å²) in [6.45, 7) is 1.61. The van der Waals surface area contributed by atoms with Crippen LogP contribution in [0.3, 0.4) is 0 Å². The maximum Gasteiger partial charge on any atom is 0.336 e. The summed E-state index contributed by atoms with van der Waals surface area (Å²) in [5, 5.41) is 23.2. The molecule has 2 N–H and O–H groups in total. The van der Waals surface area contributed by atoms with E-state index in [1.165, 1.54) is 6.07 Å². The summed E-state index contributed by atoms with van der Waals surface area (Å²) >= 11 is 0. The van der Waals surface area contributed by atoms with Gasteiger partial charge in [-0.15, -0.1) is 0 Å². The first kappa shape index (κ1) is 14.3. The summed E-state index contributed by atoms with van der Waals surface area (Å²) in [4.78, 5) is 21.5. The van der Waals surface area contributed by atoms with Crippen molar-refractivity contribution >= 4 is 17.3 Å². The molecule has 0 aromatic heterocycles. The molecule has 1 saturated carbocycles. The smallest absolute Gasteiger partial charge is 0.336 e. The lowest BCUT2D eigenvalue weighted by Crippen LogP contribution is -2.40. The minimum atomic E-state index is -1.18. The number of carbonyl (C=O) groups is 1. The summed E-state index contributed by atoms with van der Waals surface area (Å²) in [5.74, 6) is -1.18. The molecular weight excluding hydrogens is 264 g/mol. The minimum Gasteiger partial charge on any atom is -0.478 e. The van der Waals surface area contributed by atoms with E-state index in [1.54, 1.807) is 14.0 Å². The van der Waals surface area contributed by atoms with Gasteiger partial charge in [0.1, 0.15) is 0 Å². The van der Waals surface area contributed by atoms with Crippen LogP contribution in [-0.4, -0.2) is 35.3 Å². The van der Waals surface area contributed by atoms with Gasteiger partial charge in [-0.25, -0.2) is 4.79 Å². The second-order valence-corrected chi connectivity index (χ2v) is 4.90. The first-order valence-electron chi connectivity index (χ1n) is 6.24. The van der Waals surface area contributed by atoms with Gasteiger partial charge in [-0.2, -0.15) is 0 Å². The Bertz CT molecular complexity index is 552. The normalized spacial score (nSPS) is 21.1. The average molecular weight is 280 g/mol. The number of carboxylic acids is 1. The van der Waals surface area contributed by atoms with Crippen LogP contribution in [0.15, 0.2) is 12.1 Å². The summed E-state index contributed by atoms with van der Waals surface area (Å²) in [7, 11) is 1.64. The van der Waals surface area contributed by atoms with Crippen molar-refractivity contribution in [2.24, 2.45) is 0 Å². The minimum absolute atomic E-state index is 0.0904. The predicted octanol–water partition coefficient (Wildman–Crippen LogP) is 2.19. The number of carboxylic acid groups (broad SMARTS) is 1. The fraction of sp³-hybridized carbons (Fsp3) is 0.462. The van der Waals surface area contributed by atoms with Crippen LogP contribution in [0.2, 0.25) is 0 Å². The number of hydrogen-bond donors (Lipinski definition) is 2. The lowest BCUT2D eigenvalue weighted by atomic mass is 9.88. The number of nitro benzene ring substituents is 1. The van der Waals surface area contributed by atoms with Crippen LogP contribution >= 0.6 is 0 Å². The van der Waals surface area contributed by atoms with E-state index < -0.39 is 10.9 Å². The second-order valence-electron chi connectivity index (χ2n) is 4.90. The Morgan fingerprint density at radius 1 is 1.50 bits per heavy atom. The Balaban J connectivity index is 2.27. The van der Waals surface area contributed by atoms with Gasteiger partial charge in [-0.1, -0.05) is 0 Å². The highest BCUT2D eigenvalue weighted by atomic mass is 16.6. The van der Waals surface area contributed by atoms with Crippen molar-refractivity contribution in [3.8, 4) is 0 Å². The van der Waals surface area contributed by atoms with E-state index in [4.69, 9.17) is 9.84 Å². The number of ether oxygens (including phenoxy) is 1. The lowest BCUT2D eigenvalue weighted by Gasteiger charge is -2.35. The van der Waals surface area contributed by atoms with Crippen molar-refractivity contribution in [2.45, 2.75) is 31.9 Å². The zero-order chi connectivity index (χ0) is 14.9. The largest absolute Gasteiger partial charge is 0.478 e. The molecule has 0 bridgehead atoms. The average Bonchev–Trinajstić information content (AvgIpc) is 2.34. The van der Waals surface area contributed by atoms with Crippen molar-refractivity contribution in [2.75, 3.05) is 12.4 Å². The van der Waals surface area contributed by atoms with Crippen LogP contribution in [0.5, 0.6) is 0 Å². The Labute approximate surface area is 115 Å². The van der Waals surface area contributed by atoms with Crippen molar-refractivity contribution in [1.29, 1.82) is 0 Å². The highest BCUT2D eigenvalue weighted by molar-refractivity contribution is 5.90. The Morgan fingerprint density at radius 2 is 2.15 bits per heavy atom. The number of aromatic carboxylic acids is 1. The van der Waals surface area contributed by atoms with Crippen LogP contribution in [0.25, 0.3) is 0 Å². The van der Waals surface area contributed by atoms with Gasteiger partial charge in [-0.05, 0) is 25.8 Å². The van der Waals surface area contributed by atoms with Crippen LogP contribution in [0.1, 0.15) is 28.8 Å². The van der Waals surface area contributed by atoms with Gasteiger partial charge in [0.25, 0.3) is 5.69 Å². The number of nitro groups is 1. The van der Waals surface area contributed by atoms with E-state index in [1.807, 2.05) is 0 Å². The van der Waals surface area contributed by atoms with E-state index in [2.05, 4.69) is 5.32 Å². The van der Waals surface area contributed by atoms with Crippen LogP contribution in [-0.2, 0) is 4.74 Å². The van der Waals surface area contributed by atoms with E-state index in [0.29, 0.717) is 11.3 Å². The second kappa shape index (κ2) is 5.46. The molecule has 0 saturated heterocycles. The molecule has 0 unspecified atom stereocenters. The first-order chi connectivity index (χ1) is 9.42. The van der Waals surface area contributed by atoms with Gasteiger partial charge in [0.2, 0.25) is 0 Å². The molecule has 2 rings (SSSR count). The fourth-order valence-corrected chi connectivity index (χ4v) is 2.26. The molecule has 0 atom stereocenters. The SMILES string of the molecule is COC1CC(Nc2cc(C(=O)O)cc([N+](=O)[O-])c2C)C1. The van der Waals surface area contributed by atoms with E-state index >= 15 is 0 Å². The summed E-state index contributed by atoms with van der Waals surface area (Å²) < 4.78 is 5.17. The molecule has 1 aromatic rings. The van der Waals surface area contributed by atoms with Crippen LogP contribution in [0, 0.1) is 17.0 Å². The third kappa shape index (κ3) is 2.72. The van der Waals surface area contributed by atoms with E-state index in [-0.39, 0.29) is 23.4 Å². The number of methoxy groups -OCH3 is 1. The maximum absolute atomic E-state index is 11.0. The number of nitrogens with zero attached hydrogens (tertiary/aromatic N) is 1. The topological polar surface area (TPSA) is 102 Å². The molecule has 0 amide bonds. The standard InChI is InChI=1S/C13H16N2O5/c1-7-11(14-9-5-10(6-9)20-2)3-8(13(16)17)4-12(7)15(18)19/h3-4,9-10,14H,5-6H2,1-2H3,(H,16,17). The molecule has 1 aliphatic rings. The highest BCUT2D eigenvalue weighted by Crippen LogP contribution is 2.32. The lowest BCUT2D eigenvalue weighted by molar-refractivity contribution is -0.385. The summed E-state index contributed by atoms with van der Waals surface area (Å²) in [6, 6.07) is 2.68. The molecule has 7 nitrogen and oxygen atoms in total. The number of anilines is 1. The molecule has 0 aliphatic heterocycles. The molecule has 1 aliphatic carbocycles. The quantitative estimate of drug-likeness (QED) is 0.633. The molecule has 1 aromatic carbocycles. The van der Waals surface area contributed by atoms with E-state index in [0.717, 1.165) is 18.9 Å². The Kier molecular flexibility index (Phi) is 3.89. The third-order valence-electron chi connectivity index (χ3n) is 3.61. The predicted molar refractivity (Wildman–Crippen MR) is 72.2 cm³/mol. The van der Waals surface area contributed by atoms with E-state index in [9.17, 15) is 14.9 Å². The van der Waals surface area contributed by atoms with Crippen molar-refractivity contribution in [3.63, 3.8) is 0 Å². The van der Waals surface area contributed by atoms with Gasteiger partial charge in [0.05, 0.1) is 16.6 Å². The monoisotopic (exact) mass is 280 g/mol. The number of rotatable bonds is 5. The molecule has 0 spiro atoms. The molecule has 20 heavy (non-hydrogen) atoms. The number of nitrogens with one attached hydrogen (secondary N) is 1. The Hall–Kier alpha value is -2.15. The Morgan fingerprint density at radius 3 is 2.65 bits per heavy atom. The van der Waals surface area contributed by atoms with Gasteiger partial charge in [0, 0.05) is 30.5 Å². The van der Waals surface area contributed by atoms with Gasteiger partial charge >= 0.3 is 5.97 Å². The molecule has 108 valence electrons. The molecule has 7 heteroatoms.